The van der Waals surface area contributed by atoms with E-state index in [2.05, 4.69) is 6.58 Å². The first-order chi connectivity index (χ1) is 8.24. The van der Waals surface area contributed by atoms with Crippen molar-refractivity contribution in [2.24, 2.45) is 0 Å². The highest BCUT2D eigenvalue weighted by Crippen LogP contribution is 2.08. The minimum Gasteiger partial charge on any atom is -0.498 e. The molecule has 0 saturated carbocycles. The molecular formula is C13H14O4. The molecule has 1 N–H and O–H groups in total. The van der Waals surface area contributed by atoms with Gasteiger partial charge in [-0.1, -0.05) is 36.9 Å². The molecule has 0 saturated heterocycles. The van der Waals surface area contributed by atoms with Crippen molar-refractivity contribution < 1.29 is 19.4 Å². The maximum Gasteiger partial charge on any atom is 0.371 e. The van der Waals surface area contributed by atoms with E-state index in [0.717, 1.165) is 5.56 Å². The maximum absolute atomic E-state index is 10.9. The van der Waals surface area contributed by atoms with Gasteiger partial charge in [0, 0.05) is 0 Å². The average molecular weight is 234 g/mol. The maximum atomic E-state index is 10.9. The van der Waals surface area contributed by atoms with E-state index < -0.39 is 5.97 Å². The molecule has 4 nitrogen and oxygen atoms in total. The summed E-state index contributed by atoms with van der Waals surface area (Å²) in [6.07, 6.45) is 2.75. The Hall–Kier alpha value is -2.23. The van der Waals surface area contributed by atoms with Gasteiger partial charge in [0.25, 0.3) is 0 Å². The summed E-state index contributed by atoms with van der Waals surface area (Å²) in [5.74, 6) is -1.21. The lowest BCUT2D eigenvalue weighted by Gasteiger charge is -2.06. The van der Waals surface area contributed by atoms with Gasteiger partial charge in [-0.15, -0.1) is 0 Å². The minimum atomic E-state index is -1.10. The molecule has 17 heavy (non-hydrogen) atoms. The van der Waals surface area contributed by atoms with Crippen LogP contribution in [0.4, 0.5) is 0 Å². The fourth-order valence-electron chi connectivity index (χ4n) is 1.15. The quantitative estimate of drug-likeness (QED) is 0.447. The Morgan fingerprint density at radius 1 is 1.29 bits per heavy atom. The molecule has 0 heterocycles. The number of ether oxygens (including phenoxy) is 2. The van der Waals surface area contributed by atoms with E-state index >= 15 is 0 Å². The molecule has 0 aliphatic heterocycles. The molecule has 0 radical (unpaired) electrons. The smallest absolute Gasteiger partial charge is 0.371 e. The van der Waals surface area contributed by atoms with Gasteiger partial charge in [0.15, 0.2) is 0 Å². The number of carboxylic acid groups (broad SMARTS) is 1. The summed E-state index contributed by atoms with van der Waals surface area (Å²) in [6.45, 7) is 3.80. The largest absolute Gasteiger partial charge is 0.498 e. The van der Waals surface area contributed by atoms with Crippen molar-refractivity contribution in [2.45, 2.75) is 0 Å². The van der Waals surface area contributed by atoms with Crippen LogP contribution in [0.1, 0.15) is 5.56 Å². The van der Waals surface area contributed by atoms with Crippen LogP contribution in [-0.4, -0.2) is 24.3 Å². The summed E-state index contributed by atoms with van der Waals surface area (Å²) in [7, 11) is 0. The number of carbonyl (C=O) groups is 1. The Labute approximate surface area is 99.8 Å². The second kappa shape index (κ2) is 7.11. The standard InChI is InChI=1S/C13H14O4/c1-2-16-8-9-17-12(13(14)15)10-11-6-4-3-5-7-11/h2-7,10H,1,8-9H2,(H,14,15). The summed E-state index contributed by atoms with van der Waals surface area (Å²) in [5, 5.41) is 8.94. The topological polar surface area (TPSA) is 55.8 Å². The van der Waals surface area contributed by atoms with Crippen LogP contribution in [0.2, 0.25) is 0 Å². The third-order valence-corrected chi connectivity index (χ3v) is 1.88. The van der Waals surface area contributed by atoms with Crippen molar-refractivity contribution >= 4 is 12.0 Å². The van der Waals surface area contributed by atoms with Crippen molar-refractivity contribution in [3.05, 3.63) is 54.5 Å². The van der Waals surface area contributed by atoms with Gasteiger partial charge < -0.3 is 14.6 Å². The van der Waals surface area contributed by atoms with Gasteiger partial charge in [0.05, 0.1) is 6.26 Å². The van der Waals surface area contributed by atoms with Crippen molar-refractivity contribution in [1.82, 2.24) is 0 Å². The molecule has 90 valence electrons. The second-order valence-corrected chi connectivity index (χ2v) is 3.11. The number of carboxylic acids is 1. The fraction of sp³-hybridized carbons (Fsp3) is 0.154. The molecule has 1 aromatic rings. The Kier molecular flexibility index (Phi) is 5.37. The molecule has 0 atom stereocenters. The van der Waals surface area contributed by atoms with Crippen LogP contribution in [-0.2, 0) is 14.3 Å². The zero-order valence-electron chi connectivity index (χ0n) is 9.33. The van der Waals surface area contributed by atoms with Gasteiger partial charge in [-0.2, -0.15) is 0 Å². The monoisotopic (exact) mass is 234 g/mol. The van der Waals surface area contributed by atoms with Crippen LogP contribution in [0.15, 0.2) is 48.9 Å². The van der Waals surface area contributed by atoms with Gasteiger partial charge in [0.1, 0.15) is 13.2 Å². The lowest BCUT2D eigenvalue weighted by atomic mass is 10.2. The van der Waals surface area contributed by atoms with Crippen molar-refractivity contribution in [2.75, 3.05) is 13.2 Å². The van der Waals surface area contributed by atoms with Crippen LogP contribution in [0, 0.1) is 0 Å². The molecule has 0 amide bonds. The van der Waals surface area contributed by atoms with Crippen LogP contribution in [0.3, 0.4) is 0 Å². The highest BCUT2D eigenvalue weighted by Gasteiger charge is 2.08. The summed E-state index contributed by atoms with van der Waals surface area (Å²) < 4.78 is 9.93. The van der Waals surface area contributed by atoms with Crippen LogP contribution in [0.5, 0.6) is 0 Å². The molecule has 0 aromatic heterocycles. The lowest BCUT2D eigenvalue weighted by molar-refractivity contribution is -0.136. The third-order valence-electron chi connectivity index (χ3n) is 1.88. The Morgan fingerprint density at radius 3 is 2.59 bits per heavy atom. The van der Waals surface area contributed by atoms with E-state index in [4.69, 9.17) is 14.6 Å². The summed E-state index contributed by atoms with van der Waals surface area (Å²) >= 11 is 0. The number of benzene rings is 1. The molecule has 0 fully saturated rings. The molecule has 0 spiro atoms. The summed E-state index contributed by atoms with van der Waals surface area (Å²) in [5.41, 5.74) is 0.773. The average Bonchev–Trinajstić information content (AvgIpc) is 2.34. The molecule has 1 rings (SSSR count). The lowest BCUT2D eigenvalue weighted by Crippen LogP contribution is -2.08. The van der Waals surface area contributed by atoms with E-state index in [0.29, 0.717) is 0 Å². The zero-order valence-corrected chi connectivity index (χ0v) is 9.33. The van der Waals surface area contributed by atoms with Crippen molar-refractivity contribution in [1.29, 1.82) is 0 Å². The van der Waals surface area contributed by atoms with E-state index in [1.807, 2.05) is 18.2 Å². The van der Waals surface area contributed by atoms with Crippen LogP contribution in [0.25, 0.3) is 6.08 Å². The summed E-state index contributed by atoms with van der Waals surface area (Å²) in [6, 6.07) is 9.11. The van der Waals surface area contributed by atoms with E-state index in [1.54, 1.807) is 12.1 Å². The van der Waals surface area contributed by atoms with Gasteiger partial charge in [0.2, 0.25) is 5.76 Å². The molecule has 0 unspecified atom stereocenters. The van der Waals surface area contributed by atoms with E-state index in [1.165, 1.54) is 12.3 Å². The zero-order chi connectivity index (χ0) is 12.5. The first kappa shape index (κ1) is 12.8. The highest BCUT2D eigenvalue weighted by molar-refractivity contribution is 5.89. The van der Waals surface area contributed by atoms with Gasteiger partial charge in [-0.05, 0) is 11.6 Å². The molecule has 0 bridgehead atoms. The predicted octanol–water partition coefficient (Wildman–Crippen LogP) is 2.29. The second-order valence-electron chi connectivity index (χ2n) is 3.11. The molecule has 0 aliphatic carbocycles. The van der Waals surface area contributed by atoms with Crippen molar-refractivity contribution in [3.8, 4) is 0 Å². The van der Waals surface area contributed by atoms with Crippen LogP contribution >= 0.6 is 0 Å². The van der Waals surface area contributed by atoms with E-state index in [-0.39, 0.29) is 19.0 Å². The first-order valence-corrected chi connectivity index (χ1v) is 5.09. The third kappa shape index (κ3) is 4.88. The Morgan fingerprint density at radius 2 is 2.00 bits per heavy atom. The molecule has 4 heteroatoms. The number of aliphatic carboxylic acids is 1. The highest BCUT2D eigenvalue weighted by atomic mass is 16.5. The van der Waals surface area contributed by atoms with E-state index in [9.17, 15) is 4.79 Å². The normalized spacial score (nSPS) is 10.7. The number of hydrogen-bond donors (Lipinski definition) is 1. The molecular weight excluding hydrogens is 220 g/mol. The Balaban J connectivity index is 2.63. The molecule has 0 aliphatic rings. The Bertz CT molecular complexity index is 395. The predicted molar refractivity (Wildman–Crippen MR) is 64.2 cm³/mol. The SMILES string of the molecule is C=COCCOC(=Cc1ccccc1)C(=O)O. The minimum absolute atomic E-state index is 0.108. The number of rotatable bonds is 7. The number of hydrogen-bond acceptors (Lipinski definition) is 3. The summed E-state index contributed by atoms with van der Waals surface area (Å²) in [4.78, 5) is 10.9. The molecule has 1 aromatic carbocycles. The van der Waals surface area contributed by atoms with Crippen molar-refractivity contribution in [3.63, 3.8) is 0 Å². The van der Waals surface area contributed by atoms with Gasteiger partial charge in [-0.25, -0.2) is 4.79 Å². The fourth-order valence-corrected chi connectivity index (χ4v) is 1.15. The van der Waals surface area contributed by atoms with Gasteiger partial charge in [-0.3, -0.25) is 0 Å². The van der Waals surface area contributed by atoms with Crippen LogP contribution < -0.4 is 0 Å². The first-order valence-electron chi connectivity index (χ1n) is 5.09. The van der Waals surface area contributed by atoms with Gasteiger partial charge >= 0.3 is 5.97 Å².